The summed E-state index contributed by atoms with van der Waals surface area (Å²) in [5.41, 5.74) is 10.1. The molecule has 1 unspecified atom stereocenters. The summed E-state index contributed by atoms with van der Waals surface area (Å²) in [6.45, 7) is 6.43. The van der Waals surface area contributed by atoms with E-state index in [2.05, 4.69) is 34.5 Å². The summed E-state index contributed by atoms with van der Waals surface area (Å²) in [5.74, 6) is 1.72. The number of anilines is 1. The van der Waals surface area contributed by atoms with Gasteiger partial charge in [-0.05, 0) is 42.9 Å². The normalized spacial score (nSPS) is 15.4. The van der Waals surface area contributed by atoms with Crippen LogP contribution in [0.3, 0.4) is 0 Å². The lowest BCUT2D eigenvalue weighted by molar-refractivity contribution is -0.115. The maximum Gasteiger partial charge on any atom is 0.248 e. The first kappa shape index (κ1) is 21.0. The first-order valence-corrected chi connectivity index (χ1v) is 11.1. The highest BCUT2D eigenvalue weighted by Crippen LogP contribution is 2.36. The molecular weight excluding hydrogens is 410 g/mol. The molecule has 1 aliphatic heterocycles. The molecule has 4 rings (SSSR count). The van der Waals surface area contributed by atoms with E-state index in [4.69, 9.17) is 10.5 Å². The number of nitrogens with two attached hydrogens (primary N) is 1. The Morgan fingerprint density at radius 2 is 2.00 bits per heavy atom. The molecule has 1 aliphatic rings. The van der Waals surface area contributed by atoms with Crippen molar-refractivity contribution in [1.82, 2.24) is 14.8 Å². The fourth-order valence-electron chi connectivity index (χ4n) is 3.66. The number of nitrogens with zero attached hydrogens (tertiary/aromatic N) is 3. The molecule has 3 aromatic rings. The Morgan fingerprint density at radius 3 is 2.68 bits per heavy atom. The van der Waals surface area contributed by atoms with Gasteiger partial charge in [-0.25, -0.2) is 4.68 Å². The third-order valence-corrected chi connectivity index (χ3v) is 5.78. The summed E-state index contributed by atoms with van der Waals surface area (Å²) in [5, 5.41) is 8.42. The van der Waals surface area contributed by atoms with Crippen LogP contribution < -0.4 is 15.8 Å². The number of fused-ring (bicyclic) bond motifs is 1. The van der Waals surface area contributed by atoms with Crippen LogP contribution in [0.1, 0.15) is 36.6 Å². The predicted molar refractivity (Wildman–Crippen MR) is 122 cm³/mol. The van der Waals surface area contributed by atoms with Gasteiger partial charge in [0.25, 0.3) is 0 Å². The number of nitrogens with one attached hydrogen (secondary N) is 1. The molecule has 0 saturated heterocycles. The fraction of sp³-hybridized carbons (Fsp3) is 0.261. The molecule has 0 aliphatic carbocycles. The van der Waals surface area contributed by atoms with E-state index in [-0.39, 0.29) is 0 Å². The van der Waals surface area contributed by atoms with E-state index >= 15 is 0 Å². The zero-order valence-corrected chi connectivity index (χ0v) is 18.6. The molecule has 3 N–H and O–H groups in total. The minimum atomic E-state index is -0.486. The molecule has 0 saturated carbocycles. The fourth-order valence-corrected chi connectivity index (χ4v) is 4.22. The highest BCUT2D eigenvalue weighted by atomic mass is 32.2. The second kappa shape index (κ2) is 8.85. The number of carbonyl (C=O) groups is 1. The Labute approximate surface area is 185 Å². The maximum absolute atomic E-state index is 12.3. The first-order chi connectivity index (χ1) is 15.0. The van der Waals surface area contributed by atoms with Crippen molar-refractivity contribution in [3.05, 3.63) is 76.5 Å². The van der Waals surface area contributed by atoms with Gasteiger partial charge in [0.05, 0.1) is 5.57 Å². The second-order valence-electron chi connectivity index (χ2n) is 7.37. The average molecular weight is 436 g/mol. The van der Waals surface area contributed by atoms with E-state index < -0.39 is 11.9 Å². The van der Waals surface area contributed by atoms with E-state index in [0.29, 0.717) is 29.0 Å². The smallest absolute Gasteiger partial charge is 0.248 e. The second-order valence-corrected chi connectivity index (χ2v) is 8.60. The van der Waals surface area contributed by atoms with Gasteiger partial charge in [-0.1, -0.05) is 60.6 Å². The molecule has 2 heterocycles. The Morgan fingerprint density at radius 1 is 1.23 bits per heavy atom. The number of ether oxygens (including phenoxy) is 1. The maximum atomic E-state index is 12.3. The van der Waals surface area contributed by atoms with Crippen LogP contribution >= 0.6 is 11.8 Å². The molecule has 160 valence electrons. The molecule has 31 heavy (non-hydrogen) atoms. The molecule has 1 atom stereocenters. The summed E-state index contributed by atoms with van der Waals surface area (Å²) in [6.07, 6.45) is 0. The highest BCUT2D eigenvalue weighted by molar-refractivity contribution is 7.99. The summed E-state index contributed by atoms with van der Waals surface area (Å²) in [7, 11) is 0. The van der Waals surface area contributed by atoms with Crippen LogP contribution in [0.5, 0.6) is 5.75 Å². The zero-order chi connectivity index (χ0) is 22.0. The van der Waals surface area contributed by atoms with Crippen molar-refractivity contribution >= 4 is 23.6 Å². The summed E-state index contributed by atoms with van der Waals surface area (Å²) in [6, 6.07) is 15.5. The third kappa shape index (κ3) is 4.44. The lowest BCUT2D eigenvalue weighted by atomic mass is 9.95. The van der Waals surface area contributed by atoms with Crippen LogP contribution in [0.25, 0.3) is 0 Å². The van der Waals surface area contributed by atoms with Crippen LogP contribution in [0.15, 0.2) is 65.0 Å². The number of aryl methyl sites for hydroxylation is 1. The van der Waals surface area contributed by atoms with Gasteiger partial charge in [0, 0.05) is 5.70 Å². The topological polar surface area (TPSA) is 95.1 Å². The standard InChI is InChI=1S/C23H25N5O2S/c1-4-31-23-26-22-25-15(3)19(21(24)29)20(28(22)27-23)17-8-10-18(11-9-17)30-13-16-7-5-6-14(2)12-16/h5-12,20H,4,13H2,1-3H3,(H2,24,29)(H,25,26,27). The molecule has 2 aromatic carbocycles. The van der Waals surface area contributed by atoms with Gasteiger partial charge in [-0.15, -0.1) is 5.10 Å². The van der Waals surface area contributed by atoms with E-state index in [0.717, 1.165) is 22.6 Å². The van der Waals surface area contributed by atoms with E-state index in [1.165, 1.54) is 5.56 Å². The van der Waals surface area contributed by atoms with E-state index in [1.807, 2.05) is 50.2 Å². The summed E-state index contributed by atoms with van der Waals surface area (Å²) in [4.78, 5) is 16.8. The van der Waals surface area contributed by atoms with Gasteiger partial charge < -0.3 is 15.8 Å². The molecule has 0 fully saturated rings. The van der Waals surface area contributed by atoms with Crippen molar-refractivity contribution in [2.45, 2.75) is 38.6 Å². The quantitative estimate of drug-likeness (QED) is 0.544. The van der Waals surface area contributed by atoms with Crippen molar-refractivity contribution < 1.29 is 9.53 Å². The Bertz CT molecular complexity index is 1140. The van der Waals surface area contributed by atoms with Gasteiger partial charge in [-0.2, -0.15) is 4.98 Å². The number of hydrogen-bond donors (Lipinski definition) is 2. The van der Waals surface area contributed by atoms with Crippen LogP contribution in [0.4, 0.5) is 5.95 Å². The Kier molecular flexibility index (Phi) is 5.99. The summed E-state index contributed by atoms with van der Waals surface area (Å²) < 4.78 is 7.67. The number of carbonyl (C=O) groups excluding carboxylic acids is 1. The monoisotopic (exact) mass is 435 g/mol. The number of allylic oxidation sites excluding steroid dienone is 1. The molecule has 0 spiro atoms. The van der Waals surface area contributed by atoms with Crippen LogP contribution in [0, 0.1) is 6.92 Å². The Balaban J connectivity index is 1.61. The average Bonchev–Trinajstić information content (AvgIpc) is 3.13. The molecule has 1 aromatic heterocycles. The Hall–Kier alpha value is -3.26. The van der Waals surface area contributed by atoms with Gasteiger partial charge in [0.2, 0.25) is 17.0 Å². The molecule has 7 nitrogen and oxygen atoms in total. The lowest BCUT2D eigenvalue weighted by Gasteiger charge is -2.27. The minimum Gasteiger partial charge on any atom is -0.489 e. The molecule has 0 bridgehead atoms. The minimum absolute atomic E-state index is 0.446. The lowest BCUT2D eigenvalue weighted by Crippen LogP contribution is -2.31. The molecule has 0 radical (unpaired) electrons. The number of thioether (sulfide) groups is 1. The van der Waals surface area contributed by atoms with E-state index in [9.17, 15) is 4.79 Å². The summed E-state index contributed by atoms with van der Waals surface area (Å²) >= 11 is 1.55. The van der Waals surface area contributed by atoms with E-state index in [1.54, 1.807) is 16.4 Å². The van der Waals surface area contributed by atoms with Gasteiger partial charge in [0.15, 0.2) is 0 Å². The number of benzene rings is 2. The SMILES string of the molecule is CCSc1nc2n(n1)C(c1ccc(OCc3cccc(C)c3)cc1)C(C(N)=O)=C(C)N2. The highest BCUT2D eigenvalue weighted by Gasteiger charge is 2.33. The van der Waals surface area contributed by atoms with Gasteiger partial charge >= 0.3 is 0 Å². The van der Waals surface area contributed by atoms with Crippen molar-refractivity contribution in [3.8, 4) is 5.75 Å². The van der Waals surface area contributed by atoms with Gasteiger partial charge in [0.1, 0.15) is 18.4 Å². The molecular formula is C23H25N5O2S. The third-order valence-electron chi connectivity index (χ3n) is 5.06. The van der Waals surface area contributed by atoms with Crippen LogP contribution in [-0.4, -0.2) is 26.4 Å². The zero-order valence-electron chi connectivity index (χ0n) is 17.8. The number of amides is 1. The first-order valence-electron chi connectivity index (χ1n) is 10.1. The van der Waals surface area contributed by atoms with Crippen molar-refractivity contribution in [2.24, 2.45) is 5.73 Å². The number of rotatable bonds is 7. The number of aromatic nitrogens is 3. The van der Waals surface area contributed by atoms with Crippen molar-refractivity contribution in [3.63, 3.8) is 0 Å². The molecule has 8 heteroatoms. The van der Waals surface area contributed by atoms with Crippen molar-refractivity contribution in [2.75, 3.05) is 11.1 Å². The predicted octanol–water partition coefficient (Wildman–Crippen LogP) is 4.05. The van der Waals surface area contributed by atoms with Gasteiger partial charge in [-0.3, -0.25) is 4.79 Å². The van der Waals surface area contributed by atoms with Crippen molar-refractivity contribution in [1.29, 1.82) is 0 Å². The molecule has 1 amide bonds. The number of hydrogen-bond acceptors (Lipinski definition) is 6. The van der Waals surface area contributed by atoms with Crippen LogP contribution in [0.2, 0.25) is 0 Å². The van der Waals surface area contributed by atoms with Crippen LogP contribution in [-0.2, 0) is 11.4 Å². The number of primary amides is 1. The largest absolute Gasteiger partial charge is 0.489 e.